The Morgan fingerprint density at radius 1 is 1.11 bits per heavy atom. The molecule has 7 nitrogen and oxygen atoms in total. The van der Waals surface area contributed by atoms with Crippen LogP contribution in [0.5, 0.6) is 11.5 Å². The van der Waals surface area contributed by atoms with Crippen LogP contribution in [0.4, 0.5) is 0 Å². The Morgan fingerprint density at radius 2 is 1.91 bits per heavy atom. The zero-order valence-corrected chi connectivity index (χ0v) is 20.9. The molecule has 0 unspecified atom stereocenters. The Kier molecular flexibility index (Phi) is 5.95. The maximum absolute atomic E-state index is 14.0. The summed E-state index contributed by atoms with van der Waals surface area (Å²) in [5, 5.41) is 1.06. The molecule has 0 bridgehead atoms. The number of ether oxygens (including phenoxy) is 2. The van der Waals surface area contributed by atoms with Crippen molar-refractivity contribution >= 4 is 22.7 Å². The highest BCUT2D eigenvalue weighted by molar-refractivity contribution is 6.01. The van der Waals surface area contributed by atoms with Crippen LogP contribution in [0.1, 0.15) is 56.4 Å². The number of aromatic nitrogens is 1. The van der Waals surface area contributed by atoms with Gasteiger partial charge >= 0.3 is 0 Å². The second-order valence-corrected chi connectivity index (χ2v) is 9.48. The lowest BCUT2D eigenvalue weighted by Crippen LogP contribution is -2.67. The van der Waals surface area contributed by atoms with E-state index >= 15 is 0 Å². The van der Waals surface area contributed by atoms with Crippen LogP contribution < -0.4 is 9.47 Å². The number of carbonyl (C=O) groups is 2. The molecule has 3 heterocycles. The lowest BCUT2D eigenvalue weighted by Gasteiger charge is -2.51. The zero-order valence-electron chi connectivity index (χ0n) is 20.9. The highest BCUT2D eigenvalue weighted by Gasteiger charge is 2.56. The predicted octanol–water partition coefficient (Wildman–Crippen LogP) is 4.41. The summed E-state index contributed by atoms with van der Waals surface area (Å²) in [7, 11) is 1.63. The Labute approximate surface area is 206 Å². The summed E-state index contributed by atoms with van der Waals surface area (Å²) in [6.45, 7) is 7.53. The molecule has 0 saturated carbocycles. The van der Waals surface area contributed by atoms with Crippen LogP contribution in [0.25, 0.3) is 10.9 Å². The molecule has 7 heteroatoms. The molecule has 1 N–H and O–H groups in total. The molecule has 0 radical (unpaired) electrons. The molecule has 2 amide bonds. The van der Waals surface area contributed by atoms with Crippen molar-refractivity contribution in [3.63, 3.8) is 0 Å². The van der Waals surface area contributed by atoms with Gasteiger partial charge in [0, 0.05) is 35.5 Å². The highest BCUT2D eigenvalue weighted by Crippen LogP contribution is 2.50. The maximum Gasteiger partial charge on any atom is 0.254 e. The van der Waals surface area contributed by atoms with Crippen molar-refractivity contribution in [3.8, 4) is 11.5 Å². The van der Waals surface area contributed by atoms with Crippen LogP contribution in [-0.2, 0) is 15.1 Å². The summed E-state index contributed by atoms with van der Waals surface area (Å²) < 4.78 is 11.7. The van der Waals surface area contributed by atoms with Crippen molar-refractivity contribution in [2.75, 3.05) is 33.4 Å². The Hall–Kier alpha value is -3.48. The first-order valence-corrected chi connectivity index (χ1v) is 12.5. The molecule has 2 aliphatic rings. The smallest absolute Gasteiger partial charge is 0.254 e. The third-order valence-electron chi connectivity index (χ3n) is 7.49. The number of amides is 2. The van der Waals surface area contributed by atoms with E-state index in [0.29, 0.717) is 31.2 Å². The summed E-state index contributed by atoms with van der Waals surface area (Å²) in [6, 6.07) is 14.0. The molecule has 5 rings (SSSR count). The van der Waals surface area contributed by atoms with E-state index in [-0.39, 0.29) is 24.3 Å². The Bertz CT molecular complexity index is 1280. The van der Waals surface area contributed by atoms with Gasteiger partial charge in [-0.3, -0.25) is 9.59 Å². The monoisotopic (exact) mass is 475 g/mol. The number of rotatable bonds is 7. The lowest BCUT2D eigenvalue weighted by atomic mass is 9.76. The zero-order chi connectivity index (χ0) is 24.7. The number of carbonyl (C=O) groups excluding carboxylic acids is 2. The van der Waals surface area contributed by atoms with E-state index < -0.39 is 5.54 Å². The summed E-state index contributed by atoms with van der Waals surface area (Å²) in [6.07, 6.45) is 1.84. The molecule has 1 aromatic heterocycles. The molecular formula is C28H33N3O4. The average Bonchev–Trinajstić information content (AvgIpc) is 3.27. The number of unbranched alkanes of at least 4 members (excludes halogenated alkanes) is 1. The van der Waals surface area contributed by atoms with Crippen molar-refractivity contribution in [2.24, 2.45) is 0 Å². The second kappa shape index (κ2) is 8.95. The van der Waals surface area contributed by atoms with E-state index in [2.05, 4.69) is 18.0 Å². The number of aromatic amines is 1. The number of methoxy groups -OCH3 is 1. The second-order valence-electron chi connectivity index (χ2n) is 9.48. The predicted molar refractivity (Wildman–Crippen MR) is 135 cm³/mol. The lowest BCUT2D eigenvalue weighted by molar-refractivity contribution is -0.166. The van der Waals surface area contributed by atoms with Gasteiger partial charge in [0.1, 0.15) is 0 Å². The van der Waals surface area contributed by atoms with Gasteiger partial charge in [-0.25, -0.2) is 0 Å². The number of fused-ring (bicyclic) bond motifs is 5. The number of piperazine rings is 1. The van der Waals surface area contributed by atoms with Gasteiger partial charge in [0.25, 0.3) is 5.91 Å². The summed E-state index contributed by atoms with van der Waals surface area (Å²) in [5.41, 5.74) is 2.66. The minimum absolute atomic E-state index is 0.0209. The van der Waals surface area contributed by atoms with E-state index in [1.165, 1.54) is 0 Å². The van der Waals surface area contributed by atoms with E-state index in [1.54, 1.807) is 16.9 Å². The fourth-order valence-electron chi connectivity index (χ4n) is 5.75. The first-order valence-electron chi connectivity index (χ1n) is 12.5. The van der Waals surface area contributed by atoms with E-state index in [9.17, 15) is 9.59 Å². The summed E-state index contributed by atoms with van der Waals surface area (Å²) >= 11 is 0. The Morgan fingerprint density at radius 3 is 2.66 bits per heavy atom. The first-order chi connectivity index (χ1) is 16.9. The molecule has 0 aliphatic carbocycles. The quantitative estimate of drug-likeness (QED) is 0.549. The number of benzene rings is 2. The molecule has 2 aliphatic heterocycles. The number of hydrogen-bond acceptors (Lipinski definition) is 4. The van der Waals surface area contributed by atoms with Crippen LogP contribution >= 0.6 is 0 Å². The van der Waals surface area contributed by atoms with Crippen LogP contribution in [0.15, 0.2) is 42.5 Å². The van der Waals surface area contributed by atoms with Crippen molar-refractivity contribution < 1.29 is 19.1 Å². The van der Waals surface area contributed by atoms with E-state index in [4.69, 9.17) is 9.47 Å². The third-order valence-corrected chi connectivity index (χ3v) is 7.49. The normalized spacial score (nSPS) is 21.8. The summed E-state index contributed by atoms with van der Waals surface area (Å²) in [4.78, 5) is 34.6. The number of H-pyrrole nitrogens is 1. The topological polar surface area (TPSA) is 74.9 Å². The molecule has 35 heavy (non-hydrogen) atoms. The Balaban J connectivity index is 1.74. The van der Waals surface area contributed by atoms with Gasteiger partial charge in [-0.15, -0.1) is 0 Å². The van der Waals surface area contributed by atoms with Crippen LogP contribution in [0.3, 0.4) is 0 Å². The minimum atomic E-state index is -1.08. The van der Waals surface area contributed by atoms with Gasteiger partial charge < -0.3 is 24.3 Å². The van der Waals surface area contributed by atoms with Gasteiger partial charge in [0.2, 0.25) is 5.91 Å². The van der Waals surface area contributed by atoms with Gasteiger partial charge in [-0.05, 0) is 38.0 Å². The van der Waals surface area contributed by atoms with Gasteiger partial charge in [0.15, 0.2) is 17.0 Å². The van der Waals surface area contributed by atoms with E-state index in [1.807, 2.05) is 50.2 Å². The van der Waals surface area contributed by atoms with Crippen LogP contribution in [-0.4, -0.2) is 59.9 Å². The number of hydrogen-bond donors (Lipinski definition) is 1. The fourth-order valence-corrected chi connectivity index (χ4v) is 5.75. The molecular weight excluding hydrogens is 442 g/mol. The fraction of sp³-hybridized carbons (Fsp3) is 0.429. The molecule has 1 saturated heterocycles. The SMILES string of the molecule is CCCCN1CC(=O)N2C[C@H](c3cccc(OC)c3OCC)c3c([nH]c4ccccc34)[C@@]2(C)C1=O. The first kappa shape index (κ1) is 23.3. The third kappa shape index (κ3) is 3.48. The number of nitrogens with zero attached hydrogens (tertiary/aromatic N) is 2. The summed E-state index contributed by atoms with van der Waals surface area (Å²) in [5.74, 6) is 1.12. The highest BCUT2D eigenvalue weighted by atomic mass is 16.5. The molecule has 3 aromatic rings. The van der Waals surface area contributed by atoms with Crippen molar-refractivity contribution in [1.82, 2.24) is 14.8 Å². The van der Waals surface area contributed by atoms with Crippen molar-refractivity contribution in [1.29, 1.82) is 0 Å². The molecule has 184 valence electrons. The largest absolute Gasteiger partial charge is 0.493 e. The molecule has 1 fully saturated rings. The van der Waals surface area contributed by atoms with Gasteiger partial charge in [-0.1, -0.05) is 43.7 Å². The molecule has 0 spiro atoms. The molecule has 2 atom stereocenters. The molecule has 2 aromatic carbocycles. The number of para-hydroxylation sites is 2. The standard InChI is InChI=1S/C28H33N3O4/c1-5-7-15-30-17-23(32)31-16-20(18-12-10-14-22(34-4)25(18)35-6-2)24-19-11-8-9-13-21(19)29-26(24)28(31,3)27(30)33/h8-14,20,29H,5-7,15-17H2,1-4H3/t20-,28+/m1/s1. The van der Waals surface area contributed by atoms with Crippen molar-refractivity contribution in [3.05, 3.63) is 59.3 Å². The maximum atomic E-state index is 14.0. The van der Waals surface area contributed by atoms with E-state index in [0.717, 1.165) is 40.6 Å². The number of nitrogens with one attached hydrogen (secondary N) is 1. The minimum Gasteiger partial charge on any atom is -0.493 e. The average molecular weight is 476 g/mol. The van der Waals surface area contributed by atoms with Gasteiger partial charge in [-0.2, -0.15) is 0 Å². The van der Waals surface area contributed by atoms with Crippen molar-refractivity contribution in [2.45, 2.75) is 45.1 Å². The van der Waals surface area contributed by atoms with Crippen LogP contribution in [0.2, 0.25) is 0 Å². The van der Waals surface area contributed by atoms with Crippen LogP contribution in [0, 0.1) is 0 Å². The van der Waals surface area contributed by atoms with Gasteiger partial charge in [0.05, 0.1) is 26.0 Å².